The Labute approximate surface area is 172 Å². The predicted octanol–water partition coefficient (Wildman–Crippen LogP) is 3.94. The first-order valence-corrected chi connectivity index (χ1v) is 12.0. The summed E-state index contributed by atoms with van der Waals surface area (Å²) >= 11 is 5.98. The second-order valence-corrected chi connectivity index (χ2v) is 10.4. The summed E-state index contributed by atoms with van der Waals surface area (Å²) in [5.41, 5.74) is 0.444. The Kier molecular flexibility index (Phi) is 5.85. The van der Waals surface area contributed by atoms with Crippen molar-refractivity contribution in [2.75, 3.05) is 10.6 Å². The fourth-order valence-electron chi connectivity index (χ4n) is 3.05. The first-order chi connectivity index (χ1) is 13.5. The number of aryl methyl sites for hydroxylation is 1. The van der Waals surface area contributed by atoms with E-state index in [0.717, 1.165) is 0 Å². The molecule has 0 atom stereocenters. The Bertz CT molecular complexity index is 1230. The van der Waals surface area contributed by atoms with Gasteiger partial charge in [0.25, 0.3) is 10.0 Å². The molecule has 3 aromatic rings. The number of fused-ring (bicyclic) bond motifs is 1. The van der Waals surface area contributed by atoms with Crippen LogP contribution in [0.3, 0.4) is 0 Å². The summed E-state index contributed by atoms with van der Waals surface area (Å²) in [5.74, 6) is 0. The molecule has 0 aliphatic carbocycles. The predicted molar refractivity (Wildman–Crippen MR) is 112 cm³/mol. The average molecular weight is 454 g/mol. The zero-order valence-electron chi connectivity index (χ0n) is 15.2. The average Bonchev–Trinajstić information content (AvgIpc) is 2.63. The van der Waals surface area contributed by atoms with E-state index in [9.17, 15) is 27.6 Å². The third-order valence-corrected chi connectivity index (χ3v) is 7.05. The topological polar surface area (TPSA) is 112 Å². The molecule has 0 spiro atoms. The third kappa shape index (κ3) is 4.52. The van der Waals surface area contributed by atoms with E-state index in [1.165, 1.54) is 18.2 Å². The molecule has 0 unspecified atom stereocenters. The van der Waals surface area contributed by atoms with Gasteiger partial charge in [-0.25, -0.2) is 8.42 Å². The van der Waals surface area contributed by atoms with Crippen molar-refractivity contribution < 1.29 is 27.6 Å². The third-order valence-electron chi connectivity index (χ3n) is 4.25. The van der Waals surface area contributed by atoms with Gasteiger partial charge >= 0.3 is 7.60 Å². The lowest BCUT2D eigenvalue weighted by Gasteiger charge is -2.26. The lowest BCUT2D eigenvalue weighted by Crippen LogP contribution is -2.33. The fourth-order valence-corrected chi connectivity index (χ4v) is 6.24. The largest absolute Gasteiger partial charge is 0.345 e. The minimum atomic E-state index is -4.82. The molecule has 0 fully saturated rings. The summed E-state index contributed by atoms with van der Waals surface area (Å²) in [6, 6.07) is 13.9. The van der Waals surface area contributed by atoms with Crippen LogP contribution in [0.1, 0.15) is 15.9 Å². The van der Waals surface area contributed by atoms with Crippen LogP contribution >= 0.6 is 19.2 Å². The maximum absolute atomic E-state index is 13.3. The van der Waals surface area contributed by atoms with Crippen LogP contribution in [0.25, 0.3) is 10.8 Å². The molecule has 0 saturated carbocycles. The molecule has 3 aromatic carbocycles. The number of sulfonamides is 1. The minimum absolute atomic E-state index is 0.0128. The van der Waals surface area contributed by atoms with Crippen LogP contribution in [-0.4, -0.2) is 30.8 Å². The van der Waals surface area contributed by atoms with E-state index in [1.54, 1.807) is 43.3 Å². The molecule has 0 bridgehead atoms. The molecule has 0 aliphatic rings. The van der Waals surface area contributed by atoms with Crippen molar-refractivity contribution in [3.05, 3.63) is 70.7 Å². The van der Waals surface area contributed by atoms with Gasteiger partial charge in [-0.05, 0) is 47.5 Å². The van der Waals surface area contributed by atoms with E-state index in [2.05, 4.69) is 0 Å². The van der Waals surface area contributed by atoms with E-state index >= 15 is 0 Å². The number of hydrogen-bond acceptors (Lipinski definition) is 4. The quantitative estimate of drug-likeness (QED) is 0.432. The van der Waals surface area contributed by atoms with Crippen molar-refractivity contribution in [1.82, 2.24) is 0 Å². The van der Waals surface area contributed by atoms with Crippen LogP contribution in [-0.2, 0) is 14.6 Å². The Balaban J connectivity index is 2.30. The van der Waals surface area contributed by atoms with Crippen LogP contribution in [0.15, 0.2) is 59.5 Å². The standard InChI is InChI=1S/C19H17ClNO6PS/c1-13-8-15(20)10-16(9-13)29(26,27)21(12-28(23,24)25)19-7-6-14-4-2-3-5-17(14)18(19)11-22/h2-11H,12H2,1H3,(H2,23,24,25). The van der Waals surface area contributed by atoms with Gasteiger partial charge < -0.3 is 9.79 Å². The molecule has 0 heterocycles. The normalized spacial score (nSPS) is 12.1. The highest BCUT2D eigenvalue weighted by Crippen LogP contribution is 2.41. The Morgan fingerprint density at radius 1 is 1.10 bits per heavy atom. The van der Waals surface area contributed by atoms with E-state index in [-0.39, 0.29) is 21.2 Å². The summed E-state index contributed by atoms with van der Waals surface area (Å²) in [6.45, 7) is 1.64. The number of anilines is 1. The van der Waals surface area contributed by atoms with Gasteiger partial charge in [-0.2, -0.15) is 0 Å². The number of benzene rings is 3. The lowest BCUT2D eigenvalue weighted by molar-refractivity contribution is 0.112. The Morgan fingerprint density at radius 3 is 2.41 bits per heavy atom. The molecule has 7 nitrogen and oxygen atoms in total. The molecule has 152 valence electrons. The summed E-state index contributed by atoms with van der Waals surface area (Å²) in [6.07, 6.45) is -0.650. The highest BCUT2D eigenvalue weighted by Gasteiger charge is 2.33. The van der Waals surface area contributed by atoms with Crippen LogP contribution in [0.2, 0.25) is 5.02 Å². The van der Waals surface area contributed by atoms with Gasteiger partial charge in [0.1, 0.15) is 6.29 Å². The molecule has 0 amide bonds. The first kappa shape index (κ1) is 21.5. The van der Waals surface area contributed by atoms with Crippen molar-refractivity contribution in [3.63, 3.8) is 0 Å². The van der Waals surface area contributed by atoms with Crippen LogP contribution in [0.4, 0.5) is 5.69 Å². The van der Waals surface area contributed by atoms with E-state index in [1.807, 2.05) is 0 Å². The van der Waals surface area contributed by atoms with Gasteiger partial charge in [-0.15, -0.1) is 0 Å². The Hall–Kier alpha value is -2.22. The first-order valence-electron chi connectivity index (χ1n) is 8.34. The second-order valence-electron chi connectivity index (χ2n) is 6.46. The van der Waals surface area contributed by atoms with Gasteiger partial charge in [0, 0.05) is 10.6 Å². The highest BCUT2D eigenvalue weighted by atomic mass is 35.5. The van der Waals surface area contributed by atoms with Crippen molar-refractivity contribution in [3.8, 4) is 0 Å². The number of carbonyl (C=O) groups excluding carboxylic acids is 1. The summed E-state index contributed by atoms with van der Waals surface area (Å²) in [5, 5.41) is 1.31. The smallest absolute Gasteiger partial charge is 0.323 e. The van der Waals surface area contributed by atoms with Gasteiger partial charge in [0.15, 0.2) is 6.29 Å². The van der Waals surface area contributed by atoms with Crippen molar-refractivity contribution in [2.45, 2.75) is 11.8 Å². The van der Waals surface area contributed by atoms with Crippen LogP contribution in [0.5, 0.6) is 0 Å². The number of carbonyl (C=O) groups is 1. The van der Waals surface area contributed by atoms with Gasteiger partial charge in [0.05, 0.1) is 10.6 Å². The Morgan fingerprint density at radius 2 is 1.79 bits per heavy atom. The molecule has 3 rings (SSSR count). The summed E-state index contributed by atoms with van der Waals surface area (Å²) < 4.78 is 39.0. The van der Waals surface area contributed by atoms with Gasteiger partial charge in [-0.1, -0.05) is 41.9 Å². The number of hydrogen-bond donors (Lipinski definition) is 2. The van der Waals surface area contributed by atoms with Gasteiger partial charge in [0.2, 0.25) is 0 Å². The number of nitrogens with zero attached hydrogens (tertiary/aromatic N) is 1. The van der Waals surface area contributed by atoms with Gasteiger partial charge in [-0.3, -0.25) is 13.7 Å². The highest BCUT2D eigenvalue weighted by molar-refractivity contribution is 7.93. The SMILES string of the molecule is Cc1cc(Cl)cc(S(=O)(=O)N(CP(=O)(O)O)c2ccc3ccccc3c2C=O)c1. The maximum Gasteiger partial charge on any atom is 0.345 e. The lowest BCUT2D eigenvalue weighted by atomic mass is 10.0. The number of aldehydes is 1. The molecule has 2 N–H and O–H groups in total. The molecule has 0 saturated heterocycles. The zero-order valence-corrected chi connectivity index (χ0v) is 17.7. The van der Waals surface area contributed by atoms with E-state index in [4.69, 9.17) is 11.6 Å². The minimum Gasteiger partial charge on any atom is -0.323 e. The zero-order chi connectivity index (χ0) is 21.4. The summed E-state index contributed by atoms with van der Waals surface area (Å²) in [4.78, 5) is 30.7. The van der Waals surface area contributed by atoms with Crippen molar-refractivity contribution in [1.29, 1.82) is 0 Å². The molecular formula is C19H17ClNO6PS. The molecule has 0 aromatic heterocycles. The molecule has 10 heteroatoms. The monoisotopic (exact) mass is 453 g/mol. The van der Waals surface area contributed by atoms with E-state index in [0.29, 0.717) is 26.9 Å². The molecule has 0 radical (unpaired) electrons. The second kappa shape index (κ2) is 7.89. The van der Waals surface area contributed by atoms with Crippen LogP contribution < -0.4 is 4.31 Å². The van der Waals surface area contributed by atoms with Crippen molar-refractivity contribution in [2.24, 2.45) is 0 Å². The van der Waals surface area contributed by atoms with Crippen LogP contribution in [0, 0.1) is 6.92 Å². The van der Waals surface area contributed by atoms with Crippen molar-refractivity contribution >= 4 is 52.0 Å². The molecular weight excluding hydrogens is 437 g/mol. The summed E-state index contributed by atoms with van der Waals surface area (Å²) in [7, 11) is -9.26. The molecule has 0 aliphatic heterocycles. The fraction of sp³-hybridized carbons (Fsp3) is 0.105. The molecule has 29 heavy (non-hydrogen) atoms. The maximum atomic E-state index is 13.3. The number of rotatable bonds is 6. The number of halogens is 1. The van der Waals surface area contributed by atoms with E-state index < -0.39 is 23.9 Å².